The van der Waals surface area contributed by atoms with E-state index in [9.17, 15) is 13.2 Å². The lowest BCUT2D eigenvalue weighted by Crippen LogP contribution is -2.38. The number of likely N-dealkylation sites (N-methyl/N-ethyl adjacent to an activating group) is 2. The zero-order valence-corrected chi connectivity index (χ0v) is 14.2. The molecule has 0 bridgehead atoms. The molecule has 0 aliphatic heterocycles. The minimum atomic E-state index is -3.58. The van der Waals surface area contributed by atoms with E-state index in [2.05, 4.69) is 0 Å². The van der Waals surface area contributed by atoms with Gasteiger partial charge in [-0.1, -0.05) is 12.1 Å². The quantitative estimate of drug-likeness (QED) is 0.806. The molecule has 2 aromatic heterocycles. The molecule has 0 radical (unpaired) electrons. The van der Waals surface area contributed by atoms with Crippen LogP contribution in [-0.2, 0) is 21.4 Å². The minimum Gasteiger partial charge on any atom is -0.339 e. The van der Waals surface area contributed by atoms with E-state index in [0.717, 1.165) is 20.5 Å². The monoisotopic (exact) mass is 344 g/mol. The number of carbonyl (C=O) groups is 1. The molecule has 0 saturated heterocycles. The highest BCUT2D eigenvalue weighted by molar-refractivity contribution is 7.91. The maximum absolute atomic E-state index is 12.2. The molecule has 0 aliphatic carbocycles. The van der Waals surface area contributed by atoms with Crippen LogP contribution >= 0.6 is 22.7 Å². The van der Waals surface area contributed by atoms with E-state index < -0.39 is 10.0 Å². The van der Waals surface area contributed by atoms with Gasteiger partial charge >= 0.3 is 0 Å². The Labute approximate surface area is 132 Å². The van der Waals surface area contributed by atoms with Gasteiger partial charge in [-0.2, -0.15) is 4.31 Å². The van der Waals surface area contributed by atoms with Gasteiger partial charge in [0.05, 0.1) is 13.1 Å². The number of carbonyl (C=O) groups excluding carboxylic acids is 1. The van der Waals surface area contributed by atoms with Crippen LogP contribution in [0.2, 0.25) is 0 Å². The first-order valence-electron chi connectivity index (χ1n) is 6.17. The van der Waals surface area contributed by atoms with Crippen molar-refractivity contribution in [3.8, 4) is 0 Å². The Morgan fingerprint density at radius 2 is 1.81 bits per heavy atom. The third-order valence-electron chi connectivity index (χ3n) is 2.92. The van der Waals surface area contributed by atoms with Crippen molar-refractivity contribution in [2.75, 3.05) is 20.6 Å². The molecule has 0 atom stereocenters. The molecule has 0 aliphatic rings. The first kappa shape index (κ1) is 16.2. The van der Waals surface area contributed by atoms with Gasteiger partial charge in [0.2, 0.25) is 5.91 Å². The van der Waals surface area contributed by atoms with Crippen molar-refractivity contribution in [2.24, 2.45) is 0 Å². The molecule has 21 heavy (non-hydrogen) atoms. The summed E-state index contributed by atoms with van der Waals surface area (Å²) < 4.78 is 25.8. The molecule has 2 aromatic rings. The summed E-state index contributed by atoms with van der Waals surface area (Å²) in [5, 5.41) is 3.65. The van der Waals surface area contributed by atoms with Gasteiger partial charge in [-0.25, -0.2) is 8.42 Å². The lowest BCUT2D eigenvalue weighted by Gasteiger charge is -2.21. The Morgan fingerprint density at radius 3 is 2.38 bits per heavy atom. The zero-order valence-electron chi connectivity index (χ0n) is 11.7. The van der Waals surface area contributed by atoms with Crippen molar-refractivity contribution in [1.29, 1.82) is 0 Å². The summed E-state index contributed by atoms with van der Waals surface area (Å²) in [6, 6.07) is 7.08. The second-order valence-corrected chi connectivity index (χ2v) is 8.77. The van der Waals surface area contributed by atoms with Gasteiger partial charge in [-0.05, 0) is 22.9 Å². The lowest BCUT2D eigenvalue weighted by molar-refractivity contribution is -0.130. The molecular formula is C13H16N2O3S3. The molecule has 2 heterocycles. The minimum absolute atomic E-state index is 0.165. The fraction of sp³-hybridized carbons (Fsp3) is 0.308. The fourth-order valence-electron chi connectivity index (χ4n) is 1.68. The number of hydrogen-bond donors (Lipinski definition) is 0. The summed E-state index contributed by atoms with van der Waals surface area (Å²) in [5.74, 6) is -0.231. The Bertz CT molecular complexity index is 678. The van der Waals surface area contributed by atoms with Crippen LogP contribution in [0.3, 0.4) is 0 Å². The average Bonchev–Trinajstić information content (AvgIpc) is 3.11. The predicted molar refractivity (Wildman–Crippen MR) is 84.9 cm³/mol. The molecule has 1 amide bonds. The van der Waals surface area contributed by atoms with Crippen LogP contribution in [0.4, 0.5) is 0 Å². The number of sulfonamides is 1. The fourth-order valence-corrected chi connectivity index (χ4v) is 4.76. The molecule has 0 spiro atoms. The number of nitrogens with zero attached hydrogens (tertiary/aromatic N) is 2. The van der Waals surface area contributed by atoms with Crippen LogP contribution in [0.15, 0.2) is 39.2 Å². The van der Waals surface area contributed by atoms with Crippen molar-refractivity contribution in [1.82, 2.24) is 9.21 Å². The normalized spacial score (nSPS) is 11.8. The second-order valence-electron chi connectivity index (χ2n) is 4.52. The zero-order chi connectivity index (χ0) is 15.5. The van der Waals surface area contributed by atoms with Crippen LogP contribution in [-0.4, -0.2) is 44.2 Å². The summed E-state index contributed by atoms with van der Waals surface area (Å²) >= 11 is 2.71. The van der Waals surface area contributed by atoms with Crippen molar-refractivity contribution in [3.05, 3.63) is 39.9 Å². The maximum Gasteiger partial charge on any atom is 0.252 e. The summed E-state index contributed by atoms with van der Waals surface area (Å²) in [7, 11) is -0.482. The maximum atomic E-state index is 12.2. The lowest BCUT2D eigenvalue weighted by atomic mass is 10.4. The van der Waals surface area contributed by atoms with Crippen molar-refractivity contribution in [2.45, 2.75) is 10.8 Å². The van der Waals surface area contributed by atoms with Crippen LogP contribution < -0.4 is 0 Å². The van der Waals surface area contributed by atoms with Crippen LogP contribution in [0.25, 0.3) is 0 Å². The Morgan fingerprint density at radius 1 is 1.14 bits per heavy atom. The summed E-state index contributed by atoms with van der Waals surface area (Å²) in [4.78, 5) is 14.7. The second kappa shape index (κ2) is 6.69. The highest BCUT2D eigenvalue weighted by Crippen LogP contribution is 2.19. The summed E-state index contributed by atoms with van der Waals surface area (Å²) in [5.41, 5.74) is 0. The van der Waals surface area contributed by atoms with Crippen molar-refractivity contribution >= 4 is 38.6 Å². The molecule has 0 unspecified atom stereocenters. The molecule has 8 heteroatoms. The number of hydrogen-bond acceptors (Lipinski definition) is 5. The predicted octanol–water partition coefficient (Wildman–Crippen LogP) is 2.09. The number of rotatable bonds is 6. The van der Waals surface area contributed by atoms with Crippen LogP contribution in [0.1, 0.15) is 4.88 Å². The van der Waals surface area contributed by atoms with E-state index in [4.69, 9.17) is 0 Å². The number of thiophene rings is 2. The largest absolute Gasteiger partial charge is 0.339 e. The van der Waals surface area contributed by atoms with E-state index in [1.165, 1.54) is 18.0 Å². The number of amides is 1. The Kier molecular flexibility index (Phi) is 5.15. The third-order valence-corrected chi connectivity index (χ3v) is 6.95. The Balaban J connectivity index is 1.99. The SMILES string of the molecule is CN(Cc1cccs1)C(=O)CN(C)S(=O)(=O)c1cccs1. The molecule has 2 rings (SSSR count). The van der Waals surface area contributed by atoms with E-state index in [0.29, 0.717) is 6.54 Å². The van der Waals surface area contributed by atoms with Gasteiger partial charge in [0, 0.05) is 19.0 Å². The first-order chi connectivity index (χ1) is 9.91. The molecular weight excluding hydrogens is 328 g/mol. The van der Waals surface area contributed by atoms with E-state index >= 15 is 0 Å². The molecule has 0 N–H and O–H groups in total. The van der Waals surface area contributed by atoms with Crippen molar-refractivity contribution in [3.63, 3.8) is 0 Å². The molecule has 0 aromatic carbocycles. The third kappa shape index (κ3) is 3.91. The van der Waals surface area contributed by atoms with Gasteiger partial charge in [0.25, 0.3) is 10.0 Å². The first-order valence-corrected chi connectivity index (χ1v) is 9.37. The molecule has 0 saturated carbocycles. The highest BCUT2D eigenvalue weighted by Gasteiger charge is 2.25. The molecule has 5 nitrogen and oxygen atoms in total. The summed E-state index contributed by atoms with van der Waals surface area (Å²) in [6.45, 7) is 0.325. The van der Waals surface area contributed by atoms with E-state index in [-0.39, 0.29) is 16.7 Å². The summed E-state index contributed by atoms with van der Waals surface area (Å²) in [6.07, 6.45) is 0. The topological polar surface area (TPSA) is 57.7 Å². The smallest absolute Gasteiger partial charge is 0.252 e. The van der Waals surface area contributed by atoms with Gasteiger partial charge in [-0.15, -0.1) is 22.7 Å². The molecule has 0 fully saturated rings. The van der Waals surface area contributed by atoms with E-state index in [1.807, 2.05) is 17.5 Å². The molecule has 114 valence electrons. The van der Waals surface area contributed by atoms with E-state index in [1.54, 1.807) is 29.8 Å². The van der Waals surface area contributed by atoms with Gasteiger partial charge in [0.1, 0.15) is 4.21 Å². The van der Waals surface area contributed by atoms with Crippen molar-refractivity contribution < 1.29 is 13.2 Å². The highest BCUT2D eigenvalue weighted by atomic mass is 32.2. The van der Waals surface area contributed by atoms with Gasteiger partial charge in [-0.3, -0.25) is 4.79 Å². The van der Waals surface area contributed by atoms with Gasteiger partial charge in [0.15, 0.2) is 0 Å². The standard InChI is InChI=1S/C13H16N2O3S3/c1-14(9-11-5-3-7-19-11)12(16)10-15(2)21(17,18)13-6-4-8-20-13/h3-8H,9-10H2,1-2H3. The Hall–Kier alpha value is -1.22. The average molecular weight is 344 g/mol. The van der Waals surface area contributed by atoms with Crippen LogP contribution in [0, 0.1) is 0 Å². The van der Waals surface area contributed by atoms with Crippen LogP contribution in [0.5, 0.6) is 0 Å². The van der Waals surface area contributed by atoms with Gasteiger partial charge < -0.3 is 4.90 Å².